The van der Waals surface area contributed by atoms with Gasteiger partial charge in [0, 0.05) is 17.8 Å². The molecule has 0 fully saturated rings. The summed E-state index contributed by atoms with van der Waals surface area (Å²) in [5, 5.41) is 0. The van der Waals surface area contributed by atoms with Gasteiger partial charge in [-0.1, -0.05) is 12.2 Å². The molecule has 1 rings (SSSR count). The summed E-state index contributed by atoms with van der Waals surface area (Å²) in [6.07, 6.45) is 5.66. The highest BCUT2D eigenvalue weighted by molar-refractivity contribution is 5.50. The first kappa shape index (κ1) is 10.7. The van der Waals surface area contributed by atoms with Crippen LogP contribution >= 0.6 is 0 Å². The van der Waals surface area contributed by atoms with Crippen LogP contribution in [0.15, 0.2) is 18.3 Å². The van der Waals surface area contributed by atoms with E-state index in [2.05, 4.69) is 4.98 Å². The second-order valence-electron chi connectivity index (χ2n) is 3.31. The second kappa shape index (κ2) is 4.77. The average Bonchev–Trinajstić information content (AvgIpc) is 2.15. The van der Waals surface area contributed by atoms with Crippen LogP contribution in [0.25, 0.3) is 6.08 Å². The molecule has 3 heteroatoms. The van der Waals surface area contributed by atoms with Gasteiger partial charge in [-0.2, -0.15) is 0 Å². The van der Waals surface area contributed by atoms with Crippen molar-refractivity contribution in [3.8, 4) is 5.88 Å². The van der Waals surface area contributed by atoms with E-state index in [0.717, 1.165) is 11.1 Å². The van der Waals surface area contributed by atoms with Crippen molar-refractivity contribution in [2.45, 2.75) is 19.9 Å². The molecule has 76 valence electrons. The van der Waals surface area contributed by atoms with Gasteiger partial charge in [-0.3, -0.25) is 0 Å². The standard InChI is InChI=1S/C11H16N2O/c1-8-6-10(5-4-9(2)12)7-13-11(8)14-3/h4-7,9H,12H2,1-3H3/b5-4+. The van der Waals surface area contributed by atoms with Crippen LogP contribution in [0.4, 0.5) is 0 Å². The number of hydrogen-bond donors (Lipinski definition) is 1. The van der Waals surface area contributed by atoms with Crippen molar-refractivity contribution < 1.29 is 4.74 Å². The smallest absolute Gasteiger partial charge is 0.215 e. The largest absolute Gasteiger partial charge is 0.481 e. The fourth-order valence-electron chi connectivity index (χ4n) is 1.15. The van der Waals surface area contributed by atoms with Crippen LogP contribution in [-0.2, 0) is 0 Å². The van der Waals surface area contributed by atoms with Gasteiger partial charge in [0.2, 0.25) is 5.88 Å². The predicted molar refractivity (Wildman–Crippen MR) is 58.2 cm³/mol. The van der Waals surface area contributed by atoms with E-state index in [-0.39, 0.29) is 6.04 Å². The van der Waals surface area contributed by atoms with Crippen molar-refractivity contribution >= 4 is 6.08 Å². The molecule has 0 bridgehead atoms. The Morgan fingerprint density at radius 3 is 2.79 bits per heavy atom. The highest BCUT2D eigenvalue weighted by Gasteiger charge is 1.98. The third-order valence-electron chi connectivity index (χ3n) is 1.84. The SMILES string of the molecule is COc1ncc(/C=C/C(C)N)cc1C. The van der Waals surface area contributed by atoms with E-state index in [9.17, 15) is 0 Å². The van der Waals surface area contributed by atoms with Gasteiger partial charge < -0.3 is 10.5 Å². The molecular formula is C11H16N2O. The highest BCUT2D eigenvalue weighted by atomic mass is 16.5. The van der Waals surface area contributed by atoms with E-state index in [1.807, 2.05) is 32.1 Å². The first-order valence-corrected chi connectivity index (χ1v) is 4.58. The van der Waals surface area contributed by atoms with Gasteiger partial charge in [0.25, 0.3) is 0 Å². The molecule has 0 spiro atoms. The number of hydrogen-bond acceptors (Lipinski definition) is 3. The molecule has 0 radical (unpaired) electrons. The number of aromatic nitrogens is 1. The lowest BCUT2D eigenvalue weighted by molar-refractivity contribution is 0.394. The van der Waals surface area contributed by atoms with Crippen molar-refractivity contribution in [1.29, 1.82) is 0 Å². The molecule has 0 aliphatic rings. The van der Waals surface area contributed by atoms with Gasteiger partial charge in [0.15, 0.2) is 0 Å². The summed E-state index contributed by atoms with van der Waals surface area (Å²) in [5.74, 6) is 0.669. The normalized spacial score (nSPS) is 13.1. The second-order valence-corrected chi connectivity index (χ2v) is 3.31. The maximum atomic E-state index is 5.60. The van der Waals surface area contributed by atoms with Crippen LogP contribution in [0.1, 0.15) is 18.1 Å². The van der Waals surface area contributed by atoms with Crippen molar-refractivity contribution in [3.63, 3.8) is 0 Å². The van der Waals surface area contributed by atoms with E-state index in [1.54, 1.807) is 13.3 Å². The number of nitrogens with two attached hydrogens (primary N) is 1. The zero-order valence-corrected chi connectivity index (χ0v) is 8.82. The van der Waals surface area contributed by atoms with E-state index in [4.69, 9.17) is 10.5 Å². The Morgan fingerprint density at radius 2 is 2.29 bits per heavy atom. The minimum atomic E-state index is 0.0670. The third-order valence-corrected chi connectivity index (χ3v) is 1.84. The van der Waals surface area contributed by atoms with Crippen molar-refractivity contribution in [2.24, 2.45) is 5.73 Å². The average molecular weight is 192 g/mol. The lowest BCUT2D eigenvalue weighted by Crippen LogP contribution is -2.09. The number of nitrogens with zero attached hydrogens (tertiary/aromatic N) is 1. The van der Waals surface area contributed by atoms with Crippen LogP contribution < -0.4 is 10.5 Å². The minimum absolute atomic E-state index is 0.0670. The van der Waals surface area contributed by atoms with Crippen molar-refractivity contribution in [2.75, 3.05) is 7.11 Å². The highest BCUT2D eigenvalue weighted by Crippen LogP contribution is 2.15. The molecule has 3 nitrogen and oxygen atoms in total. The number of methoxy groups -OCH3 is 1. The summed E-state index contributed by atoms with van der Waals surface area (Å²) >= 11 is 0. The van der Waals surface area contributed by atoms with Crippen LogP contribution in [0.5, 0.6) is 5.88 Å². The summed E-state index contributed by atoms with van der Waals surface area (Å²) in [6, 6.07) is 2.09. The quantitative estimate of drug-likeness (QED) is 0.793. The molecule has 2 N–H and O–H groups in total. The number of pyridine rings is 1. The topological polar surface area (TPSA) is 48.1 Å². The summed E-state index contributed by atoms with van der Waals surface area (Å²) in [6.45, 7) is 3.90. The van der Waals surface area contributed by atoms with E-state index in [1.165, 1.54) is 0 Å². The maximum absolute atomic E-state index is 5.60. The van der Waals surface area contributed by atoms with Gasteiger partial charge in [-0.05, 0) is 25.5 Å². The lowest BCUT2D eigenvalue weighted by Gasteiger charge is -2.03. The molecule has 1 aromatic heterocycles. The monoisotopic (exact) mass is 192 g/mol. The summed E-state index contributed by atoms with van der Waals surface area (Å²) in [7, 11) is 1.62. The zero-order chi connectivity index (χ0) is 10.6. The molecule has 0 aromatic carbocycles. The third kappa shape index (κ3) is 2.85. The first-order chi connectivity index (χ1) is 6.63. The summed E-state index contributed by atoms with van der Waals surface area (Å²) < 4.78 is 5.07. The van der Waals surface area contributed by atoms with Gasteiger partial charge in [-0.15, -0.1) is 0 Å². The Bertz CT molecular complexity index is 332. The van der Waals surface area contributed by atoms with Gasteiger partial charge in [-0.25, -0.2) is 4.98 Å². The van der Waals surface area contributed by atoms with Crippen LogP contribution in [-0.4, -0.2) is 18.1 Å². The molecule has 1 atom stereocenters. The molecule has 1 heterocycles. The minimum Gasteiger partial charge on any atom is -0.481 e. The molecule has 0 amide bonds. The Kier molecular flexibility index (Phi) is 3.65. The Morgan fingerprint density at radius 1 is 1.57 bits per heavy atom. The van der Waals surface area contributed by atoms with Crippen LogP contribution in [0.3, 0.4) is 0 Å². The summed E-state index contributed by atoms with van der Waals surface area (Å²) in [4.78, 5) is 4.16. The fraction of sp³-hybridized carbons (Fsp3) is 0.364. The molecule has 0 aliphatic heterocycles. The molecule has 1 aromatic rings. The first-order valence-electron chi connectivity index (χ1n) is 4.58. The number of ether oxygens (including phenoxy) is 1. The van der Waals surface area contributed by atoms with E-state index in [0.29, 0.717) is 5.88 Å². The molecule has 0 aliphatic carbocycles. The molecule has 14 heavy (non-hydrogen) atoms. The fourth-order valence-corrected chi connectivity index (χ4v) is 1.15. The van der Waals surface area contributed by atoms with Crippen molar-refractivity contribution in [3.05, 3.63) is 29.5 Å². The lowest BCUT2D eigenvalue weighted by atomic mass is 10.2. The molecule has 0 saturated carbocycles. The van der Waals surface area contributed by atoms with Crippen LogP contribution in [0, 0.1) is 6.92 Å². The Hall–Kier alpha value is -1.35. The summed E-state index contributed by atoms with van der Waals surface area (Å²) in [5.41, 5.74) is 7.67. The van der Waals surface area contributed by atoms with Gasteiger partial charge in [0.1, 0.15) is 0 Å². The van der Waals surface area contributed by atoms with E-state index < -0.39 is 0 Å². The van der Waals surface area contributed by atoms with Crippen molar-refractivity contribution in [1.82, 2.24) is 4.98 Å². The van der Waals surface area contributed by atoms with E-state index >= 15 is 0 Å². The Labute approximate surface area is 84.6 Å². The van der Waals surface area contributed by atoms with Gasteiger partial charge in [0.05, 0.1) is 7.11 Å². The number of aryl methyl sites for hydroxylation is 1. The molecule has 0 saturated heterocycles. The number of rotatable bonds is 3. The molecule has 1 unspecified atom stereocenters. The predicted octanol–water partition coefficient (Wildman–Crippen LogP) is 1.76. The maximum Gasteiger partial charge on any atom is 0.215 e. The molecular weight excluding hydrogens is 176 g/mol. The zero-order valence-electron chi connectivity index (χ0n) is 8.82. The Balaban J connectivity index is 2.86. The van der Waals surface area contributed by atoms with Gasteiger partial charge >= 0.3 is 0 Å². The van der Waals surface area contributed by atoms with Crippen LogP contribution in [0.2, 0.25) is 0 Å².